The van der Waals surface area contributed by atoms with Crippen LogP contribution < -0.4 is 16.4 Å². The van der Waals surface area contributed by atoms with Crippen LogP contribution in [-0.2, 0) is 30.5 Å². The number of carboxylic acids is 1. The van der Waals surface area contributed by atoms with Gasteiger partial charge in [-0.2, -0.15) is 0 Å². The number of nitrogens with zero attached hydrogens (tertiary/aromatic N) is 7. The number of nitrogens with two attached hydrogens (primary N) is 1. The molecule has 3 saturated heterocycles. The first-order valence-electron chi connectivity index (χ1n) is 14.2. The molecule has 6 N–H and O–H groups in total. The first-order valence-corrected chi connectivity index (χ1v) is 15.0. The first-order chi connectivity index (χ1) is 20.5. The van der Waals surface area contributed by atoms with Gasteiger partial charge in [-0.1, -0.05) is 6.92 Å². The molecule has 0 spiro atoms. The maximum Gasteiger partial charge on any atom is 0.353 e. The van der Waals surface area contributed by atoms with E-state index in [1.807, 2.05) is 6.92 Å². The lowest BCUT2D eigenvalue weighted by Crippen LogP contribution is -2.66. The highest BCUT2D eigenvalue weighted by molar-refractivity contribution is 8.03. The van der Waals surface area contributed by atoms with Gasteiger partial charge in [-0.15, -0.1) is 16.9 Å². The van der Waals surface area contributed by atoms with Crippen LogP contribution in [0.15, 0.2) is 16.9 Å². The number of aliphatic hydroxyl groups is 1. The SMILES string of the molecule is C[C@@H](NC(=O)Cn1cnnn1)[C@H]1C(=O)N2C(C(=O)O)=C(SC3CNC(C(=O)N4CCN(C(=O)[C@@H](N)CO)CC4)C3)[C@H](C)[C@H]12. The number of aliphatic hydroxyl groups excluding tert-OH is 1. The monoisotopic (exact) mass is 620 g/mol. The van der Waals surface area contributed by atoms with Crippen molar-refractivity contribution in [3.8, 4) is 0 Å². The summed E-state index contributed by atoms with van der Waals surface area (Å²) in [4.78, 5) is 68.6. The summed E-state index contributed by atoms with van der Waals surface area (Å²) in [6, 6.07) is -2.37. The number of aromatic nitrogens is 4. The molecule has 17 nitrogen and oxygen atoms in total. The molecule has 18 heteroatoms. The zero-order valence-corrected chi connectivity index (χ0v) is 24.6. The van der Waals surface area contributed by atoms with Gasteiger partial charge in [-0.05, 0) is 23.8 Å². The van der Waals surface area contributed by atoms with E-state index in [-0.39, 0.29) is 47.0 Å². The van der Waals surface area contributed by atoms with Crippen LogP contribution in [0, 0.1) is 11.8 Å². The molecular formula is C25H36N10O7S. The number of tetrazole rings is 1. The molecule has 3 fully saturated rings. The predicted molar refractivity (Wildman–Crippen MR) is 149 cm³/mol. The van der Waals surface area contributed by atoms with Crippen molar-refractivity contribution in [2.75, 3.05) is 39.3 Å². The summed E-state index contributed by atoms with van der Waals surface area (Å²) < 4.78 is 1.26. The van der Waals surface area contributed by atoms with Crippen LogP contribution in [0.25, 0.3) is 0 Å². The molecule has 4 aliphatic heterocycles. The Morgan fingerprint density at radius 2 is 1.91 bits per heavy atom. The standard InChI is InChI=1S/C25H36N10O7S/c1-12-19-18(13(2)29-17(37)9-34-11-28-30-31-34)24(40)35(19)20(25(41)42)21(12)43-14-7-16(27-8-14)23(39)33-5-3-32(4-6-33)22(38)15(26)10-36/h11-16,18-19,27,36H,3-10,26H2,1-2H3,(H,29,37)(H,41,42)/t12-,13-,14?,15+,16?,18-,19-/m1/s1. The van der Waals surface area contributed by atoms with Crippen molar-refractivity contribution in [2.24, 2.45) is 17.6 Å². The highest BCUT2D eigenvalue weighted by Gasteiger charge is 2.60. The van der Waals surface area contributed by atoms with Crippen molar-refractivity contribution >= 4 is 41.4 Å². The second-order valence-corrected chi connectivity index (χ2v) is 12.6. The topological polar surface area (TPSA) is 229 Å². The number of rotatable bonds is 10. The van der Waals surface area contributed by atoms with Crippen LogP contribution in [0.2, 0.25) is 0 Å². The van der Waals surface area contributed by atoms with Crippen molar-refractivity contribution < 1.29 is 34.2 Å². The molecule has 0 radical (unpaired) electrons. The Morgan fingerprint density at radius 3 is 2.53 bits per heavy atom. The fourth-order valence-corrected chi connectivity index (χ4v) is 7.81. The third-order valence-electron chi connectivity index (χ3n) is 8.51. The van der Waals surface area contributed by atoms with Crippen molar-refractivity contribution in [1.29, 1.82) is 0 Å². The van der Waals surface area contributed by atoms with Gasteiger partial charge in [0, 0.05) is 54.8 Å². The van der Waals surface area contributed by atoms with E-state index in [0.717, 1.165) is 0 Å². The molecule has 43 heavy (non-hydrogen) atoms. The molecule has 1 aromatic rings. The van der Waals surface area contributed by atoms with E-state index in [9.17, 15) is 29.1 Å². The number of thioether (sulfide) groups is 1. The zero-order chi connectivity index (χ0) is 31.0. The van der Waals surface area contributed by atoms with Gasteiger partial charge in [0.15, 0.2) is 0 Å². The molecule has 4 amide bonds. The van der Waals surface area contributed by atoms with E-state index in [1.54, 1.807) is 16.7 Å². The molecule has 0 bridgehead atoms. The number of aliphatic carboxylic acids is 1. The molecule has 0 saturated carbocycles. The number of hydrogen-bond acceptors (Lipinski definition) is 12. The third-order valence-corrected chi connectivity index (χ3v) is 10.0. The fourth-order valence-electron chi connectivity index (χ4n) is 6.33. The molecule has 1 aromatic heterocycles. The summed E-state index contributed by atoms with van der Waals surface area (Å²) >= 11 is 1.39. The molecule has 5 rings (SSSR count). The van der Waals surface area contributed by atoms with Crippen molar-refractivity contribution in [1.82, 2.24) is 45.5 Å². The van der Waals surface area contributed by atoms with Gasteiger partial charge >= 0.3 is 5.97 Å². The maximum atomic E-state index is 13.2. The Hall–Kier alpha value is -3.61. The number of fused-ring (bicyclic) bond motifs is 1. The lowest BCUT2D eigenvalue weighted by molar-refractivity contribution is -0.158. The Morgan fingerprint density at radius 1 is 1.21 bits per heavy atom. The summed E-state index contributed by atoms with van der Waals surface area (Å²) in [6.45, 7) is 4.93. The Kier molecular flexibility index (Phi) is 9.00. The van der Waals surface area contributed by atoms with Gasteiger partial charge in [-0.25, -0.2) is 9.48 Å². The molecule has 5 heterocycles. The third kappa shape index (κ3) is 5.96. The fraction of sp³-hybridized carbons (Fsp3) is 0.680. The van der Waals surface area contributed by atoms with Crippen LogP contribution in [-0.4, -0.2) is 143 Å². The molecular weight excluding hydrogens is 584 g/mol. The quantitative estimate of drug-likeness (QED) is 0.160. The number of hydrogen-bond donors (Lipinski definition) is 5. The van der Waals surface area contributed by atoms with Gasteiger partial charge in [0.1, 0.15) is 24.6 Å². The van der Waals surface area contributed by atoms with Crippen molar-refractivity contribution in [2.45, 2.75) is 56.2 Å². The first kappa shape index (κ1) is 30.8. The van der Waals surface area contributed by atoms with E-state index in [4.69, 9.17) is 10.8 Å². The summed E-state index contributed by atoms with van der Waals surface area (Å²) in [5.41, 5.74) is 5.60. The van der Waals surface area contributed by atoms with E-state index >= 15 is 0 Å². The smallest absolute Gasteiger partial charge is 0.353 e. The van der Waals surface area contributed by atoms with Crippen molar-refractivity contribution in [3.05, 3.63) is 16.9 Å². The van der Waals surface area contributed by atoms with Gasteiger partial charge in [0.05, 0.1) is 24.6 Å². The maximum absolute atomic E-state index is 13.2. The highest BCUT2D eigenvalue weighted by atomic mass is 32.2. The van der Waals surface area contributed by atoms with Gasteiger partial charge in [0.25, 0.3) is 0 Å². The Balaban J connectivity index is 1.17. The van der Waals surface area contributed by atoms with E-state index < -0.39 is 42.7 Å². The number of carbonyl (C=O) groups excluding carboxylic acids is 4. The number of carboxylic acid groups (broad SMARTS) is 1. The van der Waals surface area contributed by atoms with Crippen LogP contribution in [0.1, 0.15) is 20.3 Å². The molecule has 2 unspecified atom stereocenters. The number of carbonyl (C=O) groups is 5. The summed E-state index contributed by atoms with van der Waals surface area (Å²) in [5.74, 6) is -3.20. The molecule has 7 atom stereocenters. The van der Waals surface area contributed by atoms with Crippen molar-refractivity contribution in [3.63, 3.8) is 0 Å². The van der Waals surface area contributed by atoms with Crippen LogP contribution >= 0.6 is 11.8 Å². The molecule has 4 aliphatic rings. The molecule has 0 aromatic carbocycles. The minimum Gasteiger partial charge on any atom is -0.477 e. The minimum absolute atomic E-state index is 0.0346. The molecule has 234 valence electrons. The van der Waals surface area contributed by atoms with E-state index in [1.165, 1.54) is 27.7 Å². The Labute approximate surface area is 251 Å². The van der Waals surface area contributed by atoms with Gasteiger partial charge in [-0.3, -0.25) is 19.2 Å². The summed E-state index contributed by atoms with van der Waals surface area (Å²) in [6.07, 6.45) is 1.79. The second-order valence-electron chi connectivity index (χ2n) is 11.3. The van der Waals surface area contributed by atoms with Crippen LogP contribution in [0.4, 0.5) is 0 Å². The Bertz CT molecular complexity index is 1300. The summed E-state index contributed by atoms with van der Waals surface area (Å²) in [7, 11) is 0. The zero-order valence-electron chi connectivity index (χ0n) is 23.8. The lowest BCUT2D eigenvalue weighted by atomic mass is 9.78. The average molecular weight is 621 g/mol. The van der Waals surface area contributed by atoms with Gasteiger partial charge in [0.2, 0.25) is 23.6 Å². The largest absolute Gasteiger partial charge is 0.477 e. The number of piperazine rings is 1. The van der Waals surface area contributed by atoms with Crippen LogP contribution in [0.5, 0.6) is 0 Å². The number of nitrogens with one attached hydrogen (secondary N) is 2. The number of amides is 4. The minimum atomic E-state index is -1.19. The highest BCUT2D eigenvalue weighted by Crippen LogP contribution is 2.51. The van der Waals surface area contributed by atoms with Crippen LogP contribution in [0.3, 0.4) is 0 Å². The van der Waals surface area contributed by atoms with E-state index in [0.29, 0.717) is 44.0 Å². The predicted octanol–water partition coefficient (Wildman–Crippen LogP) is -3.60. The summed E-state index contributed by atoms with van der Waals surface area (Å²) in [5, 5.41) is 35.8. The lowest BCUT2D eigenvalue weighted by Gasteiger charge is -2.47. The van der Waals surface area contributed by atoms with E-state index in [2.05, 4.69) is 26.2 Å². The molecule has 0 aliphatic carbocycles. The normalized spacial score (nSPS) is 28.4. The number of β-lactam (4-membered cyclic amide) rings is 1. The van der Waals surface area contributed by atoms with Gasteiger partial charge < -0.3 is 41.3 Å². The second kappa shape index (κ2) is 12.6. The average Bonchev–Trinajstić information content (AvgIpc) is 3.72.